The average Bonchev–Trinajstić information content (AvgIpc) is 3.38. The number of aliphatic hydroxyl groups excluding tert-OH is 1. The smallest absolute Gasteiger partial charge is 0.209 e. The van der Waals surface area contributed by atoms with E-state index in [4.69, 9.17) is 21.7 Å². The summed E-state index contributed by atoms with van der Waals surface area (Å²) in [6.45, 7) is 2.99. The number of Topliss-reactive ketones (excluding diaryl/α,β-unsaturated/α-hetero) is 1. The largest absolute Gasteiger partial charge is 0.395 e. The Balaban J connectivity index is 1.25. The van der Waals surface area contributed by atoms with Gasteiger partial charge in [-0.25, -0.2) is 9.97 Å². The Morgan fingerprint density at radius 3 is 2.79 bits per heavy atom. The van der Waals surface area contributed by atoms with E-state index >= 15 is 0 Å². The molecule has 0 spiro atoms. The lowest BCUT2D eigenvalue weighted by Crippen LogP contribution is -2.35. The van der Waals surface area contributed by atoms with Crippen molar-refractivity contribution in [2.75, 3.05) is 31.6 Å². The molecular weight excluding hydrogens is 470 g/mol. The van der Waals surface area contributed by atoms with Gasteiger partial charge < -0.3 is 19.9 Å². The van der Waals surface area contributed by atoms with E-state index in [9.17, 15) is 4.79 Å². The molecule has 1 aliphatic heterocycles. The van der Waals surface area contributed by atoms with Crippen molar-refractivity contribution in [1.82, 2.24) is 19.4 Å². The fraction of sp³-hybridized carbons (Fsp3) is 0.400. The molecule has 0 radical (unpaired) electrons. The van der Waals surface area contributed by atoms with E-state index in [1.54, 1.807) is 0 Å². The highest BCUT2D eigenvalue weighted by molar-refractivity contribution is 7.22. The van der Waals surface area contributed by atoms with Crippen LogP contribution in [0.15, 0.2) is 36.4 Å². The fourth-order valence-electron chi connectivity index (χ4n) is 4.65. The third-order valence-corrected chi connectivity index (χ3v) is 7.84. The van der Waals surface area contributed by atoms with Gasteiger partial charge in [-0.3, -0.25) is 4.79 Å². The molecule has 5 rings (SSSR count). The number of hydrogen-bond acceptors (Lipinski definition) is 7. The number of imidazole rings is 1. The first-order valence-corrected chi connectivity index (χ1v) is 12.9. The number of carbonyl (C=O) groups excluding carboxylic acids is 1. The predicted molar refractivity (Wildman–Crippen MR) is 138 cm³/mol. The molecular formula is C25H28ClN5O2S. The summed E-state index contributed by atoms with van der Waals surface area (Å²) in [5.74, 6) is 1.43. The number of benzene rings is 2. The van der Waals surface area contributed by atoms with Gasteiger partial charge >= 0.3 is 0 Å². The summed E-state index contributed by atoms with van der Waals surface area (Å²) < 4.78 is 2.99. The van der Waals surface area contributed by atoms with Crippen LogP contribution in [0.5, 0.6) is 0 Å². The number of thiazole rings is 1. The highest BCUT2D eigenvalue weighted by Gasteiger charge is 2.20. The number of nitrogens with one attached hydrogen (secondary N) is 1. The number of halogens is 1. The summed E-state index contributed by atoms with van der Waals surface area (Å²) in [5, 5.41) is 13.8. The zero-order chi connectivity index (χ0) is 23.7. The van der Waals surface area contributed by atoms with Crippen molar-refractivity contribution < 1.29 is 9.90 Å². The van der Waals surface area contributed by atoms with Gasteiger partial charge in [0.2, 0.25) is 5.95 Å². The Hall–Kier alpha value is -2.52. The highest BCUT2D eigenvalue weighted by atomic mass is 35.5. The Morgan fingerprint density at radius 1 is 1.18 bits per heavy atom. The standard InChI is InChI=1S/C25H28ClN5O2S/c1-30-21-6-3-17(22(33)7-2-16-8-10-31(11-9-16)12-13-32)14-20(21)27-24(30)29-25-28-19-5-4-18(26)15-23(19)34-25/h3-6,14-16,32H,2,7-13H2,1H3,(H,27,28,29). The predicted octanol–water partition coefficient (Wildman–Crippen LogP) is 5.25. The summed E-state index contributed by atoms with van der Waals surface area (Å²) in [6, 6.07) is 11.4. The normalized spacial score (nSPS) is 15.4. The maximum absolute atomic E-state index is 12.9. The Labute approximate surface area is 207 Å². The van der Waals surface area contributed by atoms with E-state index < -0.39 is 0 Å². The summed E-state index contributed by atoms with van der Waals surface area (Å²) in [6.07, 6.45) is 3.67. The molecule has 0 aliphatic carbocycles. The Morgan fingerprint density at radius 2 is 2.00 bits per heavy atom. The molecule has 34 heavy (non-hydrogen) atoms. The number of carbonyl (C=O) groups is 1. The first-order chi connectivity index (χ1) is 16.5. The second-order valence-electron chi connectivity index (χ2n) is 8.92. The van der Waals surface area contributed by atoms with E-state index in [2.05, 4.69) is 15.2 Å². The van der Waals surface area contributed by atoms with Crippen molar-refractivity contribution in [2.45, 2.75) is 25.7 Å². The molecule has 2 aromatic carbocycles. The van der Waals surface area contributed by atoms with Crippen molar-refractivity contribution in [2.24, 2.45) is 13.0 Å². The van der Waals surface area contributed by atoms with Crippen LogP contribution in [0.2, 0.25) is 5.02 Å². The van der Waals surface area contributed by atoms with E-state index in [1.807, 2.05) is 48.0 Å². The number of aromatic nitrogens is 3. The van der Waals surface area contributed by atoms with E-state index in [-0.39, 0.29) is 12.4 Å². The van der Waals surface area contributed by atoms with Gasteiger partial charge in [0.1, 0.15) is 0 Å². The van der Waals surface area contributed by atoms with Crippen molar-refractivity contribution in [1.29, 1.82) is 0 Å². The van der Waals surface area contributed by atoms with Crippen LogP contribution in [0.25, 0.3) is 21.3 Å². The van der Waals surface area contributed by atoms with Gasteiger partial charge in [0.25, 0.3) is 0 Å². The lowest BCUT2D eigenvalue weighted by Gasteiger charge is -2.31. The fourth-order valence-corrected chi connectivity index (χ4v) is 5.79. The van der Waals surface area contributed by atoms with Crippen molar-refractivity contribution in [3.63, 3.8) is 0 Å². The van der Waals surface area contributed by atoms with Gasteiger partial charge in [0.05, 0.1) is 27.9 Å². The maximum Gasteiger partial charge on any atom is 0.209 e. The first kappa shape index (κ1) is 23.2. The minimum absolute atomic E-state index is 0.169. The van der Waals surface area contributed by atoms with Gasteiger partial charge in [0.15, 0.2) is 10.9 Å². The van der Waals surface area contributed by atoms with E-state index in [1.165, 1.54) is 11.3 Å². The van der Waals surface area contributed by atoms with Crippen molar-refractivity contribution in [3.8, 4) is 0 Å². The molecule has 0 amide bonds. The molecule has 1 aliphatic rings. The van der Waals surface area contributed by atoms with Crippen LogP contribution in [-0.2, 0) is 7.05 Å². The van der Waals surface area contributed by atoms with Crippen LogP contribution < -0.4 is 5.32 Å². The molecule has 0 unspecified atom stereocenters. The molecule has 9 heteroatoms. The first-order valence-electron chi connectivity index (χ1n) is 11.7. The number of rotatable bonds is 8. The van der Waals surface area contributed by atoms with Crippen LogP contribution in [0, 0.1) is 5.92 Å². The van der Waals surface area contributed by atoms with Gasteiger partial charge in [-0.2, -0.15) is 0 Å². The lowest BCUT2D eigenvalue weighted by molar-refractivity contribution is 0.0958. The SMILES string of the molecule is Cn1c(Nc2nc3ccc(Cl)cc3s2)nc2cc(C(=O)CCC3CCN(CCO)CC3)ccc21. The Kier molecular flexibility index (Phi) is 6.83. The summed E-state index contributed by atoms with van der Waals surface area (Å²) >= 11 is 7.62. The molecule has 4 aromatic rings. The number of aryl methyl sites for hydroxylation is 1. The zero-order valence-corrected chi connectivity index (χ0v) is 20.7. The quantitative estimate of drug-likeness (QED) is 0.323. The number of nitrogens with zero attached hydrogens (tertiary/aromatic N) is 4. The highest BCUT2D eigenvalue weighted by Crippen LogP contribution is 2.31. The second-order valence-corrected chi connectivity index (χ2v) is 10.4. The molecule has 2 aromatic heterocycles. The third kappa shape index (κ3) is 4.95. The zero-order valence-electron chi connectivity index (χ0n) is 19.1. The number of likely N-dealkylation sites (tertiary alicyclic amines) is 1. The van der Waals surface area contributed by atoms with Crippen molar-refractivity contribution >= 4 is 61.1 Å². The lowest BCUT2D eigenvalue weighted by atomic mass is 9.90. The number of aliphatic hydroxyl groups is 1. The third-order valence-electron chi connectivity index (χ3n) is 6.68. The topological polar surface area (TPSA) is 83.3 Å². The second kappa shape index (κ2) is 10.00. The summed E-state index contributed by atoms with van der Waals surface area (Å²) in [5.41, 5.74) is 3.35. The molecule has 1 saturated heterocycles. The summed E-state index contributed by atoms with van der Waals surface area (Å²) in [4.78, 5) is 24.5. The van der Waals surface area contributed by atoms with Crippen LogP contribution in [-0.4, -0.2) is 56.6 Å². The molecule has 0 saturated carbocycles. The van der Waals surface area contributed by atoms with Gasteiger partial charge in [-0.05, 0) is 74.7 Å². The maximum atomic E-state index is 12.9. The van der Waals surface area contributed by atoms with Crippen LogP contribution in [0.3, 0.4) is 0 Å². The number of hydrogen-bond donors (Lipinski definition) is 2. The molecule has 0 atom stereocenters. The van der Waals surface area contributed by atoms with Gasteiger partial charge in [0, 0.05) is 30.6 Å². The summed E-state index contributed by atoms with van der Waals surface area (Å²) in [7, 11) is 1.95. The molecule has 7 nitrogen and oxygen atoms in total. The van der Waals surface area contributed by atoms with Gasteiger partial charge in [-0.15, -0.1) is 0 Å². The molecule has 1 fully saturated rings. The van der Waals surface area contributed by atoms with Crippen LogP contribution >= 0.6 is 22.9 Å². The van der Waals surface area contributed by atoms with Crippen molar-refractivity contribution in [3.05, 3.63) is 47.0 Å². The molecule has 3 heterocycles. The Bertz CT molecular complexity index is 1330. The number of fused-ring (bicyclic) bond motifs is 2. The number of ketones is 1. The molecule has 178 valence electrons. The molecule has 0 bridgehead atoms. The minimum atomic E-state index is 0.169. The number of piperidine rings is 1. The van der Waals surface area contributed by atoms with E-state index in [0.29, 0.717) is 28.9 Å². The minimum Gasteiger partial charge on any atom is -0.395 e. The monoisotopic (exact) mass is 497 g/mol. The average molecular weight is 498 g/mol. The van der Waals surface area contributed by atoms with E-state index in [0.717, 1.165) is 65.3 Å². The van der Waals surface area contributed by atoms with Gasteiger partial charge in [-0.1, -0.05) is 22.9 Å². The molecule has 2 N–H and O–H groups in total. The van der Waals surface area contributed by atoms with Crippen LogP contribution in [0.4, 0.5) is 11.1 Å². The van der Waals surface area contributed by atoms with Crippen LogP contribution in [0.1, 0.15) is 36.0 Å². The number of β-amino-alcohol motifs (C(OH)–C–C–N with tert-alkyl or cyclic N) is 1. The number of anilines is 2.